The van der Waals surface area contributed by atoms with Gasteiger partial charge >= 0.3 is 0 Å². The number of aliphatic hydroxyl groups is 1. The molecule has 1 aliphatic rings. The van der Waals surface area contributed by atoms with Gasteiger partial charge in [0.2, 0.25) is 0 Å². The standard InChI is InChI=1S/C29H32N6O2/c1-20(36)22-4-2-5-23(14-22)24-7-8-32-28(15-24)29(37)33-26-12-21(17-34-10-3-6-25(30)18-34)13-27(16-26)35-11-9-31-19-35/h2,4-5,7-9,11-16,19-20,25,36H,3,6,10,17-18,30H2,1H3,(H,33,37). The van der Waals surface area contributed by atoms with E-state index in [1.807, 2.05) is 53.2 Å². The van der Waals surface area contributed by atoms with Crippen molar-refractivity contribution in [1.82, 2.24) is 19.4 Å². The smallest absolute Gasteiger partial charge is 0.274 e. The topological polar surface area (TPSA) is 109 Å². The summed E-state index contributed by atoms with van der Waals surface area (Å²) in [6, 6.07) is 17.5. The molecule has 0 spiro atoms. The van der Waals surface area contributed by atoms with Crippen LogP contribution in [-0.4, -0.2) is 49.6 Å². The van der Waals surface area contributed by atoms with Crippen LogP contribution in [0.15, 0.2) is 79.5 Å². The molecular formula is C29H32N6O2. The number of benzene rings is 2. The molecule has 4 aromatic rings. The number of carbonyl (C=O) groups is 1. The molecule has 1 aliphatic heterocycles. The van der Waals surface area contributed by atoms with E-state index in [1.165, 1.54) is 0 Å². The Morgan fingerprint density at radius 1 is 1.16 bits per heavy atom. The molecule has 1 fully saturated rings. The van der Waals surface area contributed by atoms with Gasteiger partial charge in [-0.1, -0.05) is 18.2 Å². The zero-order valence-corrected chi connectivity index (χ0v) is 20.9. The number of hydrogen-bond acceptors (Lipinski definition) is 6. The first-order valence-electron chi connectivity index (χ1n) is 12.6. The number of aliphatic hydroxyl groups excluding tert-OH is 1. The van der Waals surface area contributed by atoms with Crippen molar-refractivity contribution in [3.63, 3.8) is 0 Å². The average Bonchev–Trinajstić information content (AvgIpc) is 3.44. The van der Waals surface area contributed by atoms with E-state index in [0.29, 0.717) is 11.4 Å². The van der Waals surface area contributed by atoms with Gasteiger partial charge in [-0.2, -0.15) is 0 Å². The summed E-state index contributed by atoms with van der Waals surface area (Å²) < 4.78 is 1.93. The molecule has 4 N–H and O–H groups in total. The predicted molar refractivity (Wildman–Crippen MR) is 144 cm³/mol. The molecule has 37 heavy (non-hydrogen) atoms. The van der Waals surface area contributed by atoms with E-state index in [-0.39, 0.29) is 11.9 Å². The first-order valence-corrected chi connectivity index (χ1v) is 12.6. The molecule has 0 bridgehead atoms. The first kappa shape index (κ1) is 24.8. The number of piperidine rings is 1. The Morgan fingerprint density at radius 2 is 2.03 bits per heavy atom. The molecular weight excluding hydrogens is 464 g/mol. The molecule has 2 aromatic heterocycles. The second kappa shape index (κ2) is 11.0. The van der Waals surface area contributed by atoms with Gasteiger partial charge in [0.1, 0.15) is 5.69 Å². The van der Waals surface area contributed by atoms with E-state index < -0.39 is 6.10 Å². The number of anilines is 1. The van der Waals surface area contributed by atoms with Crippen molar-refractivity contribution in [2.75, 3.05) is 18.4 Å². The fourth-order valence-electron chi connectivity index (χ4n) is 4.80. The third-order valence-corrected chi connectivity index (χ3v) is 6.68. The first-order chi connectivity index (χ1) is 17.9. The summed E-state index contributed by atoms with van der Waals surface area (Å²) in [5, 5.41) is 13.0. The van der Waals surface area contributed by atoms with Gasteiger partial charge in [0.05, 0.1) is 12.4 Å². The molecule has 5 rings (SSSR count). The molecule has 1 saturated heterocycles. The quantitative estimate of drug-likeness (QED) is 0.354. The van der Waals surface area contributed by atoms with Gasteiger partial charge in [-0.3, -0.25) is 14.7 Å². The highest BCUT2D eigenvalue weighted by Crippen LogP contribution is 2.25. The molecule has 8 nitrogen and oxygen atoms in total. The van der Waals surface area contributed by atoms with Gasteiger partial charge in [0.15, 0.2) is 0 Å². The number of carbonyl (C=O) groups excluding carboxylic acids is 1. The number of nitrogens with zero attached hydrogens (tertiary/aromatic N) is 4. The number of amides is 1. The van der Waals surface area contributed by atoms with E-state index in [9.17, 15) is 9.90 Å². The maximum absolute atomic E-state index is 13.3. The minimum absolute atomic E-state index is 0.199. The van der Waals surface area contributed by atoms with E-state index in [0.717, 1.165) is 60.4 Å². The van der Waals surface area contributed by atoms with Gasteiger partial charge < -0.3 is 20.7 Å². The lowest BCUT2D eigenvalue weighted by atomic mass is 10.0. The molecule has 0 aliphatic carbocycles. The lowest BCUT2D eigenvalue weighted by Gasteiger charge is -2.30. The number of likely N-dealkylation sites (tertiary alicyclic amines) is 1. The molecule has 2 atom stereocenters. The summed E-state index contributed by atoms with van der Waals surface area (Å²) in [4.78, 5) is 24.1. The Morgan fingerprint density at radius 3 is 2.81 bits per heavy atom. The Kier molecular flexibility index (Phi) is 7.41. The maximum atomic E-state index is 13.3. The third kappa shape index (κ3) is 6.11. The molecule has 0 radical (unpaired) electrons. The van der Waals surface area contributed by atoms with Crippen molar-refractivity contribution >= 4 is 11.6 Å². The van der Waals surface area contributed by atoms with Crippen LogP contribution < -0.4 is 11.1 Å². The highest BCUT2D eigenvalue weighted by atomic mass is 16.3. The molecule has 1 amide bonds. The van der Waals surface area contributed by atoms with Crippen molar-refractivity contribution in [2.24, 2.45) is 5.73 Å². The van der Waals surface area contributed by atoms with Gasteiger partial charge in [-0.15, -0.1) is 0 Å². The summed E-state index contributed by atoms with van der Waals surface area (Å²) in [6.45, 7) is 4.37. The fraction of sp³-hybridized carbons (Fsp3) is 0.276. The van der Waals surface area contributed by atoms with Crippen molar-refractivity contribution in [2.45, 2.75) is 38.5 Å². The largest absolute Gasteiger partial charge is 0.389 e. The highest BCUT2D eigenvalue weighted by Gasteiger charge is 2.18. The monoisotopic (exact) mass is 496 g/mol. The van der Waals surface area contributed by atoms with Gasteiger partial charge in [-0.25, -0.2) is 4.98 Å². The van der Waals surface area contributed by atoms with Crippen molar-refractivity contribution in [1.29, 1.82) is 0 Å². The van der Waals surface area contributed by atoms with E-state index in [4.69, 9.17) is 5.73 Å². The van der Waals surface area contributed by atoms with Gasteiger partial charge in [-0.05, 0) is 85.0 Å². The summed E-state index contributed by atoms with van der Waals surface area (Å²) in [7, 11) is 0. The fourth-order valence-corrected chi connectivity index (χ4v) is 4.80. The maximum Gasteiger partial charge on any atom is 0.274 e. The zero-order valence-electron chi connectivity index (χ0n) is 20.9. The second-order valence-electron chi connectivity index (χ2n) is 9.68. The lowest BCUT2D eigenvalue weighted by Crippen LogP contribution is -2.42. The number of imidazole rings is 1. The molecule has 2 unspecified atom stereocenters. The molecule has 8 heteroatoms. The Balaban J connectivity index is 1.40. The summed E-state index contributed by atoms with van der Waals surface area (Å²) >= 11 is 0. The summed E-state index contributed by atoms with van der Waals surface area (Å²) in [5.41, 5.74) is 11.8. The Labute approximate surface area is 216 Å². The zero-order chi connectivity index (χ0) is 25.8. The van der Waals surface area contributed by atoms with E-state index in [1.54, 1.807) is 31.7 Å². The van der Waals surface area contributed by atoms with Crippen LogP contribution in [0.25, 0.3) is 16.8 Å². The van der Waals surface area contributed by atoms with Crippen LogP contribution in [0.2, 0.25) is 0 Å². The molecule has 3 heterocycles. The van der Waals surface area contributed by atoms with Crippen LogP contribution in [0.3, 0.4) is 0 Å². The second-order valence-corrected chi connectivity index (χ2v) is 9.68. The third-order valence-electron chi connectivity index (χ3n) is 6.68. The average molecular weight is 497 g/mol. The van der Waals surface area contributed by atoms with Crippen LogP contribution in [0.1, 0.15) is 47.5 Å². The summed E-state index contributed by atoms with van der Waals surface area (Å²) in [6.07, 6.45) is 8.57. The Bertz CT molecular complexity index is 1370. The van der Waals surface area contributed by atoms with Gasteiger partial charge in [0.25, 0.3) is 5.91 Å². The van der Waals surface area contributed by atoms with Crippen LogP contribution in [-0.2, 0) is 6.54 Å². The molecule has 190 valence electrons. The predicted octanol–water partition coefficient (Wildman–Crippen LogP) is 4.16. The SMILES string of the molecule is CC(O)c1cccc(-c2ccnc(C(=O)Nc3cc(CN4CCCC(N)C4)cc(-n4ccnc4)c3)c2)c1. The number of hydrogen-bond donors (Lipinski definition) is 3. The van der Waals surface area contributed by atoms with E-state index >= 15 is 0 Å². The van der Waals surface area contributed by atoms with Crippen LogP contribution in [0, 0.1) is 0 Å². The van der Waals surface area contributed by atoms with Crippen LogP contribution in [0.5, 0.6) is 0 Å². The number of rotatable bonds is 7. The minimum Gasteiger partial charge on any atom is -0.389 e. The molecule has 2 aromatic carbocycles. The normalized spacial score (nSPS) is 16.9. The summed E-state index contributed by atoms with van der Waals surface area (Å²) in [5.74, 6) is -0.290. The van der Waals surface area contributed by atoms with Crippen molar-refractivity contribution in [3.8, 4) is 16.8 Å². The highest BCUT2D eigenvalue weighted by molar-refractivity contribution is 6.03. The van der Waals surface area contributed by atoms with E-state index in [2.05, 4.69) is 26.3 Å². The molecule has 0 saturated carbocycles. The van der Waals surface area contributed by atoms with Crippen LogP contribution >= 0.6 is 0 Å². The van der Waals surface area contributed by atoms with Crippen molar-refractivity contribution < 1.29 is 9.90 Å². The lowest BCUT2D eigenvalue weighted by molar-refractivity contribution is 0.102. The van der Waals surface area contributed by atoms with Crippen LogP contribution in [0.4, 0.5) is 5.69 Å². The number of aromatic nitrogens is 3. The van der Waals surface area contributed by atoms with Crippen molar-refractivity contribution in [3.05, 3.63) is 96.3 Å². The Hall–Kier alpha value is -3.85. The number of nitrogens with one attached hydrogen (secondary N) is 1. The number of pyridine rings is 1. The number of nitrogens with two attached hydrogens (primary N) is 1. The van der Waals surface area contributed by atoms with Gasteiger partial charge in [0, 0.05) is 49.1 Å². The minimum atomic E-state index is -0.567.